The molecule has 0 bridgehead atoms. The number of aromatic nitrogens is 4. The molecule has 2 aromatic carbocycles. The number of nitrogens with one attached hydrogen (secondary N) is 1. The molecule has 2 aromatic heterocycles. The summed E-state index contributed by atoms with van der Waals surface area (Å²) in [6, 6.07) is 22.2. The zero-order valence-electron chi connectivity index (χ0n) is 43.6. The van der Waals surface area contributed by atoms with Crippen molar-refractivity contribution in [2.75, 3.05) is 0 Å². The molecule has 0 aliphatic carbocycles. The molecule has 2 aliphatic rings. The van der Waals surface area contributed by atoms with Crippen molar-refractivity contribution in [3.05, 3.63) is 111 Å². The molecular weight excluding hydrogens is 1230 g/mol. The number of H-pyrrole nitrogens is 1. The predicted octanol–water partition coefficient (Wildman–Crippen LogP) is 10.9. The fourth-order valence-corrected chi connectivity index (χ4v) is 11.0. The van der Waals surface area contributed by atoms with Gasteiger partial charge in [-0.3, -0.25) is 28.7 Å². The van der Waals surface area contributed by atoms with E-state index in [0.29, 0.717) is 12.8 Å². The normalized spacial score (nSPS) is 22.9. The fourth-order valence-electron chi connectivity index (χ4n) is 7.24. The van der Waals surface area contributed by atoms with Crippen molar-refractivity contribution in [1.82, 2.24) is 19.5 Å². The molecule has 3 unspecified atom stereocenters. The van der Waals surface area contributed by atoms with E-state index in [-0.39, 0.29) is 23.5 Å². The standard InChI is InChI=1S/C21H22N2O5S.C19H22O6.C10H20N2OSSi2.4ClH.Sn/c1-4-21(5-2)18(26-13-15-9-7-6-8-10-15)17(27-14(3)24)19(28-21)23-12-11-16(25)22-20(23)29;1-5-19(6-2)17(22-12-15-10-8-7-9-11-15)16(23-13(3)20)18(25-19)24-14(4)21;1-15(2,3)13-9-7-8-11-10(12-9)14-16(4,5)6;;;;;/h1,6-12,17-19H,5,13H2,2-3H3,(H,22,25,29);1,7-11,16-18H,6,12H2,2-4H3;7-8H,1-6H3;4*1H;/q;;;;;;;+4/p-4/t17-,18?,19+,21+;16-,17?,18?,19+;;;;;;/m00....../s1. The Labute approximate surface area is 469 Å². The SMILES string of the molecule is C#C[C@]1(CC)OC(OC(C)=O)[C@@H](OC(C)=O)C1OCc1ccccc1.C#C[C@]1(CC)O[C@@H](n2ccc(=O)[nH]c2=S)[C@@H](OC(C)=O)C1OCc1ccccc1.C[Si](C)(C)Oc1ccnc(S[Si](C)(C)C)n1.[Cl][Sn]([Cl])([Cl])[Cl]. The van der Waals surface area contributed by atoms with Crippen LogP contribution in [0.4, 0.5) is 0 Å². The average molecular weight is 1290 g/mol. The number of halogens is 4. The summed E-state index contributed by atoms with van der Waals surface area (Å²) >= 11 is 3.77. The minimum absolute atomic E-state index is 0.130. The zero-order chi connectivity index (χ0) is 56.4. The third-order valence-electron chi connectivity index (χ3n) is 10.2. The van der Waals surface area contributed by atoms with Crippen LogP contribution < -0.4 is 9.99 Å². The third-order valence-corrected chi connectivity index (χ3v) is 14.7. The van der Waals surface area contributed by atoms with Crippen molar-refractivity contribution >= 4 is 106 Å². The summed E-state index contributed by atoms with van der Waals surface area (Å²) in [5, 5.41) is 0.843. The van der Waals surface area contributed by atoms with Crippen molar-refractivity contribution in [1.29, 1.82) is 0 Å². The average Bonchev–Trinajstić information content (AvgIpc) is 3.76. The molecule has 408 valence electrons. The van der Waals surface area contributed by atoms with Crippen LogP contribution in [0.2, 0.25) is 39.3 Å². The van der Waals surface area contributed by atoms with Crippen LogP contribution >= 0.6 is 59.1 Å². The Morgan fingerprint density at radius 2 is 1.24 bits per heavy atom. The number of aromatic amines is 1. The maximum absolute atomic E-state index is 11.8. The molecule has 0 saturated carbocycles. The van der Waals surface area contributed by atoms with Gasteiger partial charge in [0.25, 0.3) is 5.56 Å². The molecule has 16 nitrogen and oxygen atoms in total. The number of rotatable bonds is 16. The van der Waals surface area contributed by atoms with Gasteiger partial charge in [-0.15, -0.1) is 24.1 Å². The van der Waals surface area contributed by atoms with Gasteiger partial charge < -0.3 is 37.6 Å². The Balaban J connectivity index is 0.000000293. The Bertz CT molecular complexity index is 2670. The van der Waals surface area contributed by atoms with E-state index in [9.17, 15) is 19.2 Å². The molecule has 8 atom stereocenters. The number of hydrogen-bond acceptors (Lipinski definition) is 16. The molecule has 4 heterocycles. The number of terminal acetylenes is 2. The van der Waals surface area contributed by atoms with Crippen LogP contribution in [0.3, 0.4) is 0 Å². The van der Waals surface area contributed by atoms with E-state index in [1.807, 2.05) is 80.6 Å². The van der Waals surface area contributed by atoms with Crippen LogP contribution in [-0.2, 0) is 60.8 Å². The van der Waals surface area contributed by atoms with Gasteiger partial charge in [0.05, 0.1) is 13.2 Å². The van der Waals surface area contributed by atoms with Gasteiger partial charge >= 0.3 is 67.5 Å². The van der Waals surface area contributed by atoms with Crippen molar-refractivity contribution < 1.29 is 52.0 Å². The minimum atomic E-state index is -3.29. The fraction of sp³-hybridized carbons (Fsp3) is 0.460. The quantitative estimate of drug-likeness (QED) is 0.0278. The maximum atomic E-state index is 11.8. The molecule has 4 aromatic rings. The zero-order valence-corrected chi connectivity index (χ0v) is 53.1. The van der Waals surface area contributed by atoms with Gasteiger partial charge in [0.2, 0.25) is 20.5 Å². The third kappa shape index (κ3) is 22.4. The second-order valence-electron chi connectivity index (χ2n) is 18.5. The molecule has 75 heavy (non-hydrogen) atoms. The van der Waals surface area contributed by atoms with Crippen LogP contribution in [-0.4, -0.2) is 109 Å². The van der Waals surface area contributed by atoms with Crippen molar-refractivity contribution in [2.24, 2.45) is 0 Å². The second kappa shape index (κ2) is 30.0. The summed E-state index contributed by atoms with van der Waals surface area (Å²) in [4.78, 5) is 57.5. The van der Waals surface area contributed by atoms with Crippen molar-refractivity contribution in [3.8, 4) is 30.6 Å². The van der Waals surface area contributed by atoms with E-state index in [1.165, 1.54) is 37.6 Å². The second-order valence-corrected chi connectivity index (χ2v) is 57.9. The summed E-state index contributed by atoms with van der Waals surface area (Å²) in [6.07, 6.45) is 10.4. The number of benzene rings is 2. The molecule has 1 N–H and O–H groups in total. The van der Waals surface area contributed by atoms with Gasteiger partial charge in [0.1, 0.15) is 19.4 Å². The van der Waals surface area contributed by atoms with E-state index < -0.39 is 95.5 Å². The predicted molar refractivity (Wildman–Crippen MR) is 302 cm³/mol. The number of carbonyl (C=O) groups excluding carboxylic acids is 3. The van der Waals surface area contributed by atoms with Crippen LogP contribution in [0, 0.1) is 29.5 Å². The Morgan fingerprint density at radius 1 is 0.773 bits per heavy atom. The van der Waals surface area contributed by atoms with Crippen LogP contribution in [0.25, 0.3) is 0 Å². The van der Waals surface area contributed by atoms with Gasteiger partial charge in [-0.2, -0.15) is 4.98 Å². The van der Waals surface area contributed by atoms with E-state index >= 15 is 0 Å². The van der Waals surface area contributed by atoms with Crippen LogP contribution in [0.1, 0.15) is 64.8 Å². The molecule has 2 aliphatic heterocycles. The van der Waals surface area contributed by atoms with E-state index in [4.69, 9.17) is 98.3 Å². The summed E-state index contributed by atoms with van der Waals surface area (Å²) in [7, 11) is 17.3. The van der Waals surface area contributed by atoms with Gasteiger partial charge in [-0.05, 0) is 55.8 Å². The molecule has 2 fully saturated rings. The number of carbonyl (C=O) groups is 3. The van der Waals surface area contributed by atoms with Crippen molar-refractivity contribution in [3.63, 3.8) is 0 Å². The van der Waals surface area contributed by atoms with Crippen LogP contribution in [0.5, 0.6) is 5.88 Å². The number of hydrogen-bond donors (Lipinski definition) is 1. The van der Waals surface area contributed by atoms with E-state index in [2.05, 4.69) is 66.1 Å². The molecule has 0 radical (unpaired) electrons. The first-order valence-corrected chi connectivity index (χ1v) is 46.7. The summed E-state index contributed by atoms with van der Waals surface area (Å²) in [6.45, 7) is 21.4. The first-order chi connectivity index (χ1) is 35.0. The summed E-state index contributed by atoms with van der Waals surface area (Å²) in [5.41, 5.74) is -0.759. The van der Waals surface area contributed by atoms with Gasteiger partial charge in [-0.25, -0.2) is 4.98 Å². The molecule has 6 rings (SSSR count). The molecule has 25 heteroatoms. The summed E-state index contributed by atoms with van der Waals surface area (Å²) < 4.78 is 47.7. The Kier molecular flexibility index (Phi) is 26.4. The number of esters is 3. The Morgan fingerprint density at radius 3 is 1.67 bits per heavy atom. The first-order valence-electron chi connectivity index (χ1n) is 23.4. The molecule has 2 saturated heterocycles. The van der Waals surface area contributed by atoms with E-state index in [0.717, 1.165) is 22.2 Å². The molecular formula is C50H64Cl4N4O12S2Si2Sn. The van der Waals surface area contributed by atoms with Gasteiger partial charge in [0, 0.05) is 45.3 Å². The van der Waals surface area contributed by atoms with E-state index in [1.54, 1.807) is 17.4 Å². The van der Waals surface area contributed by atoms with Crippen molar-refractivity contribution in [2.45, 2.75) is 153 Å². The summed E-state index contributed by atoms with van der Waals surface area (Å²) in [5.74, 6) is 4.39. The van der Waals surface area contributed by atoms with Gasteiger partial charge in [0.15, 0.2) is 39.6 Å². The topological polar surface area (TPSA) is 189 Å². The monoisotopic (exact) mass is 1290 g/mol. The molecule has 0 spiro atoms. The number of ether oxygens (including phenoxy) is 7. The Hall–Kier alpha value is -3.47. The van der Waals surface area contributed by atoms with Crippen LogP contribution in [0.15, 0.2) is 95.1 Å². The number of nitrogens with zero attached hydrogens (tertiary/aromatic N) is 3. The van der Waals surface area contributed by atoms with Gasteiger partial charge in [-0.1, -0.05) is 106 Å². The first kappa shape index (κ1) is 65.8. The molecule has 0 amide bonds.